The van der Waals surface area contributed by atoms with Crippen LogP contribution in [0.1, 0.15) is 37.8 Å². The number of aryl methyl sites for hydroxylation is 1. The molecule has 178 valence electrons. The van der Waals surface area contributed by atoms with Gasteiger partial charge in [-0.05, 0) is 32.6 Å². The molecule has 0 saturated carbocycles. The van der Waals surface area contributed by atoms with Crippen LogP contribution in [0.25, 0.3) is 0 Å². The highest BCUT2D eigenvalue weighted by molar-refractivity contribution is 5.62. The first kappa shape index (κ1) is 22.2. The molecule has 4 N–H and O–H groups in total. The van der Waals surface area contributed by atoms with Crippen LogP contribution in [0.5, 0.6) is 0 Å². The fourth-order valence-corrected chi connectivity index (χ4v) is 5.39. The van der Waals surface area contributed by atoms with E-state index in [9.17, 15) is 4.79 Å². The molecule has 2 unspecified atom stereocenters. The first-order valence-corrected chi connectivity index (χ1v) is 11.9. The maximum Gasteiger partial charge on any atom is 0.226 e. The average Bonchev–Trinajstić information content (AvgIpc) is 3.35. The lowest BCUT2D eigenvalue weighted by Gasteiger charge is -2.39. The van der Waals surface area contributed by atoms with Gasteiger partial charge in [-0.1, -0.05) is 0 Å². The molecule has 2 bridgehead atoms. The van der Waals surface area contributed by atoms with E-state index in [4.69, 9.17) is 15.2 Å². The van der Waals surface area contributed by atoms with Gasteiger partial charge in [0.25, 0.3) is 0 Å². The Morgan fingerprint density at radius 3 is 2.74 bits per heavy atom. The molecule has 3 aliphatic heterocycles. The van der Waals surface area contributed by atoms with Crippen molar-refractivity contribution in [3.63, 3.8) is 0 Å². The molecule has 5 rings (SSSR count). The van der Waals surface area contributed by atoms with Crippen molar-refractivity contribution in [1.29, 1.82) is 5.26 Å². The highest BCUT2D eigenvalue weighted by atomic mass is 16.1. The highest BCUT2D eigenvalue weighted by Crippen LogP contribution is 2.37. The Balaban J connectivity index is 1.36. The van der Waals surface area contributed by atoms with Crippen LogP contribution in [0.4, 0.5) is 23.4 Å². The summed E-state index contributed by atoms with van der Waals surface area (Å²) in [6.45, 7) is 4.62. The number of rotatable bonds is 7. The molecule has 11 nitrogen and oxygen atoms in total. The molecule has 0 spiro atoms. The Kier molecular flexibility index (Phi) is 6.34. The van der Waals surface area contributed by atoms with Crippen molar-refractivity contribution in [3.8, 4) is 6.07 Å². The number of piperazine rings is 1. The molecule has 2 aromatic heterocycles. The SMILES string of the molecule is Cc1cc(Nc2cc(N3CCNC(=C=O)C3)nc(NC3CC4CCC(C3)N4CCC#N)n2)n[nH]1. The second-order valence-corrected chi connectivity index (χ2v) is 9.27. The van der Waals surface area contributed by atoms with Crippen molar-refractivity contribution in [3.05, 3.63) is 23.5 Å². The number of nitriles is 1. The summed E-state index contributed by atoms with van der Waals surface area (Å²) >= 11 is 0. The number of hydrogen-bond donors (Lipinski definition) is 4. The summed E-state index contributed by atoms with van der Waals surface area (Å²) < 4.78 is 0. The van der Waals surface area contributed by atoms with Crippen molar-refractivity contribution in [2.45, 2.75) is 57.2 Å². The van der Waals surface area contributed by atoms with E-state index in [1.807, 2.05) is 25.0 Å². The Morgan fingerprint density at radius 1 is 1.21 bits per heavy atom. The van der Waals surface area contributed by atoms with Crippen LogP contribution in [0.2, 0.25) is 0 Å². The van der Waals surface area contributed by atoms with Crippen molar-refractivity contribution in [1.82, 2.24) is 30.4 Å². The van der Waals surface area contributed by atoms with Gasteiger partial charge in [0.05, 0.1) is 12.6 Å². The molecule has 3 aliphatic rings. The maximum atomic E-state index is 11.2. The molecule has 0 amide bonds. The Labute approximate surface area is 198 Å². The molecule has 2 aromatic rings. The number of aromatic amines is 1. The minimum atomic E-state index is 0.278. The van der Waals surface area contributed by atoms with Gasteiger partial charge in [-0.15, -0.1) is 0 Å². The lowest BCUT2D eigenvalue weighted by atomic mass is 9.97. The van der Waals surface area contributed by atoms with Gasteiger partial charge in [-0.25, -0.2) is 4.79 Å². The van der Waals surface area contributed by atoms with Crippen molar-refractivity contribution in [2.24, 2.45) is 0 Å². The average molecular weight is 463 g/mol. The number of hydrogen-bond acceptors (Lipinski definition) is 10. The molecule has 0 aromatic carbocycles. The summed E-state index contributed by atoms with van der Waals surface area (Å²) in [6.07, 6.45) is 4.98. The quantitative estimate of drug-likeness (QED) is 0.450. The predicted octanol–water partition coefficient (Wildman–Crippen LogP) is 1.70. The van der Waals surface area contributed by atoms with Gasteiger partial charge in [-0.2, -0.15) is 20.3 Å². The topological polar surface area (TPSA) is 138 Å². The molecule has 0 radical (unpaired) electrons. The Morgan fingerprint density at radius 2 is 2.03 bits per heavy atom. The monoisotopic (exact) mass is 462 g/mol. The van der Waals surface area contributed by atoms with Gasteiger partial charge in [0.2, 0.25) is 5.95 Å². The zero-order valence-electron chi connectivity index (χ0n) is 19.3. The molecule has 5 heterocycles. The summed E-state index contributed by atoms with van der Waals surface area (Å²) in [6, 6.07) is 7.37. The summed E-state index contributed by atoms with van der Waals surface area (Å²) in [5, 5.41) is 26.1. The number of H-pyrrole nitrogens is 1. The predicted molar refractivity (Wildman–Crippen MR) is 128 cm³/mol. The molecule has 11 heteroatoms. The lowest BCUT2D eigenvalue weighted by Crippen LogP contribution is -2.47. The van der Waals surface area contributed by atoms with Crippen LogP contribution in [-0.4, -0.2) is 75.3 Å². The third kappa shape index (κ3) is 4.83. The van der Waals surface area contributed by atoms with Crippen LogP contribution in [0.15, 0.2) is 17.8 Å². The minimum Gasteiger partial charge on any atom is -0.376 e. The van der Waals surface area contributed by atoms with Crippen LogP contribution in [0, 0.1) is 18.3 Å². The van der Waals surface area contributed by atoms with E-state index in [-0.39, 0.29) is 6.04 Å². The largest absolute Gasteiger partial charge is 0.376 e. The van der Waals surface area contributed by atoms with E-state index in [1.165, 1.54) is 12.8 Å². The number of nitrogens with zero attached hydrogens (tertiary/aromatic N) is 6. The summed E-state index contributed by atoms with van der Waals surface area (Å²) in [5.41, 5.74) is 1.48. The van der Waals surface area contributed by atoms with E-state index >= 15 is 0 Å². The fourth-order valence-electron chi connectivity index (χ4n) is 5.39. The molecular weight excluding hydrogens is 432 g/mol. The second kappa shape index (κ2) is 9.71. The van der Waals surface area contributed by atoms with Crippen LogP contribution >= 0.6 is 0 Å². The van der Waals surface area contributed by atoms with E-state index in [0.29, 0.717) is 54.9 Å². The molecular formula is C23H30N10O. The molecule has 34 heavy (non-hydrogen) atoms. The third-order valence-electron chi connectivity index (χ3n) is 6.89. The van der Waals surface area contributed by atoms with Crippen molar-refractivity contribution < 1.29 is 4.79 Å². The smallest absolute Gasteiger partial charge is 0.226 e. The van der Waals surface area contributed by atoms with E-state index in [2.05, 4.69) is 42.0 Å². The van der Waals surface area contributed by atoms with Gasteiger partial charge in [0, 0.05) is 62.0 Å². The van der Waals surface area contributed by atoms with E-state index in [0.717, 1.165) is 37.4 Å². The number of fused-ring (bicyclic) bond motifs is 2. The van der Waals surface area contributed by atoms with E-state index < -0.39 is 0 Å². The number of aromatic nitrogens is 4. The molecule has 0 aliphatic carbocycles. The van der Waals surface area contributed by atoms with Crippen molar-refractivity contribution in [2.75, 3.05) is 41.7 Å². The summed E-state index contributed by atoms with van der Waals surface area (Å²) in [5.74, 6) is 4.62. The first-order chi connectivity index (χ1) is 16.6. The van der Waals surface area contributed by atoms with Gasteiger partial charge in [0.1, 0.15) is 23.3 Å². The second-order valence-electron chi connectivity index (χ2n) is 9.27. The summed E-state index contributed by atoms with van der Waals surface area (Å²) in [7, 11) is 0. The summed E-state index contributed by atoms with van der Waals surface area (Å²) in [4.78, 5) is 25.3. The Hall–Kier alpha value is -3.61. The zero-order chi connectivity index (χ0) is 23.5. The molecule has 3 fully saturated rings. The van der Waals surface area contributed by atoms with Crippen LogP contribution in [-0.2, 0) is 4.79 Å². The number of nitrogens with one attached hydrogen (secondary N) is 4. The van der Waals surface area contributed by atoms with Gasteiger partial charge in [-0.3, -0.25) is 10.00 Å². The molecule has 3 saturated heterocycles. The normalized spacial score (nSPS) is 24.3. The minimum absolute atomic E-state index is 0.278. The highest BCUT2D eigenvalue weighted by Gasteiger charge is 2.40. The lowest BCUT2D eigenvalue weighted by molar-refractivity contribution is 0.135. The number of anilines is 4. The molecule has 2 atom stereocenters. The Bertz CT molecular complexity index is 1100. The third-order valence-corrected chi connectivity index (χ3v) is 6.89. The van der Waals surface area contributed by atoms with Crippen molar-refractivity contribution >= 4 is 29.3 Å². The first-order valence-electron chi connectivity index (χ1n) is 11.9. The number of piperidine rings is 1. The number of carbonyl (C=O) groups excluding carboxylic acids is 1. The van der Waals surface area contributed by atoms with Crippen LogP contribution < -0.4 is 20.9 Å². The van der Waals surface area contributed by atoms with Gasteiger partial charge >= 0.3 is 0 Å². The standard InChI is InChI=1S/C23H30N10O/c1-15-9-21(31-30-15)27-20-12-22(32-8-6-25-17(13-32)14-34)29-23(28-20)26-16-10-18-3-4-19(11-16)33(18)7-2-5-24/h9,12,16,18-19,25H,2-4,6-8,10-11,13H2,1H3,(H3,26,27,28,29,30,31). The van der Waals surface area contributed by atoms with E-state index in [1.54, 1.807) is 0 Å². The fraction of sp³-hybridized carbons (Fsp3) is 0.565. The van der Waals surface area contributed by atoms with Gasteiger partial charge in [0.15, 0.2) is 5.82 Å². The van der Waals surface area contributed by atoms with Crippen LogP contribution in [0.3, 0.4) is 0 Å². The zero-order valence-corrected chi connectivity index (χ0v) is 19.3. The van der Waals surface area contributed by atoms with Gasteiger partial charge < -0.3 is 20.9 Å². The maximum absolute atomic E-state index is 11.2.